The average molecular weight is 617 g/mol. The van der Waals surface area contributed by atoms with Crippen LogP contribution >= 0.6 is 15.9 Å². The lowest BCUT2D eigenvalue weighted by atomic mass is 10.1. The van der Waals surface area contributed by atoms with Gasteiger partial charge in [-0.2, -0.15) is 5.10 Å². The van der Waals surface area contributed by atoms with Gasteiger partial charge in [0.2, 0.25) is 5.91 Å². The quantitative estimate of drug-likeness (QED) is 0.0585. The summed E-state index contributed by atoms with van der Waals surface area (Å²) >= 11 is 3.39. The lowest BCUT2D eigenvalue weighted by Crippen LogP contribution is -2.34. The Hall–Kier alpha value is -3.20. The first kappa shape index (κ1) is 33.0. The highest BCUT2D eigenvalue weighted by Gasteiger charge is 2.12. The average Bonchev–Trinajstić information content (AvgIpc) is 2.96. The number of hydrazone groups is 1. The first-order chi connectivity index (χ1) is 19.4. The van der Waals surface area contributed by atoms with Crippen LogP contribution in [0.15, 0.2) is 52.0 Å². The van der Waals surface area contributed by atoms with Gasteiger partial charge in [-0.15, -0.1) is 0 Å². The molecule has 0 fully saturated rings. The van der Waals surface area contributed by atoms with Crippen LogP contribution in [0, 0.1) is 0 Å². The van der Waals surface area contributed by atoms with Gasteiger partial charge in [-0.3, -0.25) is 9.59 Å². The monoisotopic (exact) mass is 615 g/mol. The molecule has 218 valence electrons. The summed E-state index contributed by atoms with van der Waals surface area (Å²) in [6, 6.07) is 11.6. The molecule has 2 N–H and O–H groups in total. The Morgan fingerprint density at radius 3 is 2.10 bits per heavy atom. The topological polar surface area (TPSA) is 106 Å². The Labute approximate surface area is 246 Å². The summed E-state index contributed by atoms with van der Waals surface area (Å²) in [6.07, 6.45) is 15.2. The summed E-state index contributed by atoms with van der Waals surface area (Å²) in [7, 11) is 1.55. The Balaban J connectivity index is 1.66. The van der Waals surface area contributed by atoms with Crippen LogP contribution in [-0.2, 0) is 9.59 Å². The van der Waals surface area contributed by atoms with Crippen LogP contribution in [0.3, 0.4) is 0 Å². The van der Waals surface area contributed by atoms with Gasteiger partial charge in [-0.25, -0.2) is 10.2 Å². The highest BCUT2D eigenvalue weighted by molar-refractivity contribution is 9.10. The van der Waals surface area contributed by atoms with Gasteiger partial charge in [0.05, 0.1) is 25.4 Å². The van der Waals surface area contributed by atoms with Crippen molar-refractivity contribution in [3.63, 3.8) is 0 Å². The van der Waals surface area contributed by atoms with Crippen LogP contribution in [0.2, 0.25) is 0 Å². The van der Waals surface area contributed by atoms with Gasteiger partial charge >= 0.3 is 5.97 Å². The van der Waals surface area contributed by atoms with E-state index in [0.717, 1.165) is 23.7 Å². The van der Waals surface area contributed by atoms with Crippen LogP contribution in [-0.4, -0.2) is 37.7 Å². The third-order valence-electron chi connectivity index (χ3n) is 6.35. The Kier molecular flexibility index (Phi) is 16.3. The molecule has 9 heteroatoms. The van der Waals surface area contributed by atoms with E-state index in [9.17, 15) is 14.4 Å². The zero-order valence-electron chi connectivity index (χ0n) is 23.7. The van der Waals surface area contributed by atoms with Gasteiger partial charge in [0.15, 0.2) is 0 Å². The highest BCUT2D eigenvalue weighted by atomic mass is 79.9. The number of nitrogens with zero attached hydrogens (tertiary/aromatic N) is 1. The van der Waals surface area contributed by atoms with Gasteiger partial charge < -0.3 is 14.8 Å². The van der Waals surface area contributed by atoms with Crippen LogP contribution in [0.25, 0.3) is 0 Å². The summed E-state index contributed by atoms with van der Waals surface area (Å²) in [5.74, 6) is -0.217. The summed E-state index contributed by atoms with van der Waals surface area (Å²) in [5, 5.41) is 6.58. The van der Waals surface area contributed by atoms with E-state index < -0.39 is 11.9 Å². The number of esters is 1. The molecule has 2 rings (SSSR count). The zero-order chi connectivity index (χ0) is 29.0. The molecule has 0 bridgehead atoms. The normalized spacial score (nSPS) is 10.9. The van der Waals surface area contributed by atoms with Crippen molar-refractivity contribution >= 4 is 39.9 Å². The molecule has 0 saturated heterocycles. The SMILES string of the molecule is CCCCCCCCCCCCCC(=O)NCC(=O)NN=Cc1cc(Br)ccc1OC(=O)c1ccc(OC)cc1. The van der Waals surface area contributed by atoms with Crippen molar-refractivity contribution in [1.29, 1.82) is 0 Å². The number of carbonyl (C=O) groups is 3. The molecular weight excluding hydrogens is 574 g/mol. The molecule has 2 aromatic carbocycles. The molecule has 0 radical (unpaired) electrons. The van der Waals surface area contributed by atoms with E-state index >= 15 is 0 Å². The number of unbranched alkanes of at least 4 members (excludes halogenated alkanes) is 10. The smallest absolute Gasteiger partial charge is 0.343 e. The predicted molar refractivity (Wildman–Crippen MR) is 162 cm³/mol. The molecule has 0 aliphatic rings. The third kappa shape index (κ3) is 13.7. The fourth-order valence-electron chi connectivity index (χ4n) is 4.03. The van der Waals surface area contributed by atoms with Crippen molar-refractivity contribution < 1.29 is 23.9 Å². The molecule has 0 saturated carbocycles. The largest absolute Gasteiger partial charge is 0.497 e. The third-order valence-corrected chi connectivity index (χ3v) is 6.84. The second-order valence-electron chi connectivity index (χ2n) is 9.66. The number of carbonyl (C=O) groups excluding carboxylic acids is 3. The van der Waals surface area contributed by atoms with Crippen molar-refractivity contribution in [3.05, 3.63) is 58.1 Å². The van der Waals surface area contributed by atoms with Gasteiger partial charge in [0.25, 0.3) is 5.91 Å². The number of rotatable bonds is 19. The number of amides is 2. The minimum Gasteiger partial charge on any atom is -0.497 e. The standard InChI is InChI=1S/C31H42BrN3O5/c1-3-4-5-6-7-8-9-10-11-12-13-14-29(36)33-23-30(37)35-34-22-25-21-26(32)17-20-28(25)40-31(38)24-15-18-27(39-2)19-16-24/h15-22H,3-14,23H2,1-2H3,(H,33,36)(H,35,37). The maximum Gasteiger partial charge on any atom is 0.343 e. The molecule has 0 aliphatic heterocycles. The Morgan fingerprint density at radius 2 is 1.48 bits per heavy atom. The summed E-state index contributed by atoms with van der Waals surface area (Å²) < 4.78 is 11.4. The fourth-order valence-corrected chi connectivity index (χ4v) is 4.41. The van der Waals surface area contributed by atoms with Gasteiger partial charge in [-0.1, -0.05) is 87.1 Å². The number of hydrogen-bond acceptors (Lipinski definition) is 6. The van der Waals surface area contributed by atoms with E-state index in [1.54, 1.807) is 49.6 Å². The number of ether oxygens (including phenoxy) is 2. The van der Waals surface area contributed by atoms with Crippen molar-refractivity contribution in [2.45, 2.75) is 84.0 Å². The molecule has 2 aromatic rings. The molecule has 0 aliphatic carbocycles. The van der Waals surface area contributed by atoms with Gasteiger partial charge in [0.1, 0.15) is 11.5 Å². The molecule has 0 unspecified atom stereocenters. The minimum atomic E-state index is -0.538. The minimum absolute atomic E-state index is 0.144. The second kappa shape index (κ2) is 19.8. The van der Waals surface area contributed by atoms with Crippen LogP contribution < -0.4 is 20.2 Å². The van der Waals surface area contributed by atoms with Crippen molar-refractivity contribution in [3.8, 4) is 11.5 Å². The maximum atomic E-state index is 12.5. The second-order valence-corrected chi connectivity index (χ2v) is 10.6. The van der Waals surface area contributed by atoms with E-state index in [2.05, 4.69) is 38.7 Å². The lowest BCUT2D eigenvalue weighted by Gasteiger charge is -2.09. The highest BCUT2D eigenvalue weighted by Crippen LogP contribution is 2.23. The summed E-state index contributed by atoms with van der Waals surface area (Å²) in [5.41, 5.74) is 3.24. The molecule has 0 atom stereocenters. The van der Waals surface area contributed by atoms with E-state index in [0.29, 0.717) is 23.3 Å². The predicted octanol–water partition coefficient (Wildman–Crippen LogP) is 6.94. The van der Waals surface area contributed by atoms with Crippen molar-refractivity contribution in [2.75, 3.05) is 13.7 Å². The maximum absolute atomic E-state index is 12.5. The molecule has 8 nitrogen and oxygen atoms in total. The molecule has 0 heterocycles. The summed E-state index contributed by atoms with van der Waals surface area (Å²) in [6.45, 7) is 2.08. The lowest BCUT2D eigenvalue weighted by molar-refractivity contribution is -0.126. The van der Waals surface area contributed by atoms with Crippen LogP contribution in [0.1, 0.15) is 99.9 Å². The number of nitrogens with one attached hydrogen (secondary N) is 2. The molecule has 2 amide bonds. The van der Waals surface area contributed by atoms with Crippen LogP contribution in [0.5, 0.6) is 11.5 Å². The Bertz CT molecular complexity index is 1090. The van der Waals surface area contributed by atoms with E-state index in [-0.39, 0.29) is 18.2 Å². The number of methoxy groups -OCH3 is 1. The molecule has 0 spiro atoms. The number of benzene rings is 2. The van der Waals surface area contributed by atoms with E-state index in [1.165, 1.54) is 57.6 Å². The number of hydrogen-bond donors (Lipinski definition) is 2. The van der Waals surface area contributed by atoms with Gasteiger partial charge in [0, 0.05) is 16.5 Å². The molecule has 0 aromatic heterocycles. The van der Waals surface area contributed by atoms with Crippen molar-refractivity contribution in [2.24, 2.45) is 5.10 Å². The number of halogens is 1. The summed E-state index contributed by atoms with van der Waals surface area (Å²) in [4.78, 5) is 36.7. The zero-order valence-corrected chi connectivity index (χ0v) is 25.3. The first-order valence-electron chi connectivity index (χ1n) is 14.2. The van der Waals surface area contributed by atoms with E-state index in [4.69, 9.17) is 9.47 Å². The van der Waals surface area contributed by atoms with Crippen LogP contribution in [0.4, 0.5) is 0 Å². The van der Waals surface area contributed by atoms with Crippen molar-refractivity contribution in [1.82, 2.24) is 10.7 Å². The molecular formula is C31H42BrN3O5. The fraction of sp³-hybridized carbons (Fsp3) is 0.484. The van der Waals surface area contributed by atoms with E-state index in [1.807, 2.05) is 0 Å². The Morgan fingerprint density at radius 1 is 0.850 bits per heavy atom. The molecule has 40 heavy (non-hydrogen) atoms. The first-order valence-corrected chi connectivity index (χ1v) is 15.0. The van der Waals surface area contributed by atoms with Gasteiger partial charge in [-0.05, 0) is 48.9 Å².